The van der Waals surface area contributed by atoms with Crippen LogP contribution in [0.25, 0.3) is 0 Å². The van der Waals surface area contributed by atoms with E-state index in [9.17, 15) is 9.18 Å². The average molecular weight is 147 g/mol. The van der Waals surface area contributed by atoms with Gasteiger partial charge in [0.25, 0.3) is 0 Å². The minimum atomic E-state index is -1.01. The van der Waals surface area contributed by atoms with Gasteiger partial charge in [-0.15, -0.1) is 0 Å². The first-order valence-corrected chi connectivity index (χ1v) is 2.88. The highest BCUT2D eigenvalue weighted by atomic mass is 19.1. The third-order valence-corrected chi connectivity index (χ3v) is 0.801. The Bertz CT molecular complexity index is 161. The molecule has 0 amide bonds. The first kappa shape index (κ1) is 8.94. The lowest BCUT2D eigenvalue weighted by Crippen LogP contribution is -2.09. The lowest BCUT2D eigenvalue weighted by molar-refractivity contribution is -0.140. The van der Waals surface area contributed by atoms with Crippen molar-refractivity contribution in [3.05, 3.63) is 11.5 Å². The van der Waals surface area contributed by atoms with Crippen LogP contribution in [0.5, 0.6) is 0 Å². The number of halogens is 1. The summed E-state index contributed by atoms with van der Waals surface area (Å²) in [6.07, 6.45) is 0. The van der Waals surface area contributed by atoms with Crippen LogP contribution in [-0.2, 0) is 9.53 Å². The van der Waals surface area contributed by atoms with Crippen molar-refractivity contribution < 1.29 is 13.9 Å². The Morgan fingerprint density at radius 2 is 2.20 bits per heavy atom. The highest BCUT2D eigenvalue weighted by Crippen LogP contribution is 2.02. The quantitative estimate of drug-likeness (QED) is 0.462. The average Bonchev–Trinajstić information content (AvgIpc) is 1.87. The summed E-state index contributed by atoms with van der Waals surface area (Å²) in [5.41, 5.74) is 4.82. The highest BCUT2D eigenvalue weighted by molar-refractivity contribution is 5.86. The van der Waals surface area contributed by atoms with Crippen molar-refractivity contribution in [2.45, 2.75) is 13.8 Å². The zero-order valence-electron chi connectivity index (χ0n) is 5.98. The number of hydrogen-bond donors (Lipinski definition) is 1. The molecule has 0 atom stereocenters. The van der Waals surface area contributed by atoms with E-state index >= 15 is 0 Å². The standard InChI is InChI=1S/C6H10FNO2/c1-3-10-6(9)5(7)4(2)8/h3,8H2,1-2H3/b5-4+. The second-order valence-electron chi connectivity index (χ2n) is 1.72. The highest BCUT2D eigenvalue weighted by Gasteiger charge is 2.10. The first-order chi connectivity index (χ1) is 4.59. The molecule has 0 rings (SSSR count). The Kier molecular flexibility index (Phi) is 3.46. The number of rotatable bonds is 2. The maximum Gasteiger partial charge on any atom is 0.368 e. The molecule has 0 aliphatic heterocycles. The molecule has 10 heavy (non-hydrogen) atoms. The van der Waals surface area contributed by atoms with Crippen LogP contribution in [0, 0.1) is 0 Å². The van der Waals surface area contributed by atoms with E-state index in [-0.39, 0.29) is 12.3 Å². The van der Waals surface area contributed by atoms with E-state index in [4.69, 9.17) is 5.73 Å². The van der Waals surface area contributed by atoms with E-state index in [2.05, 4.69) is 4.74 Å². The second kappa shape index (κ2) is 3.87. The number of nitrogens with two attached hydrogens (primary N) is 1. The molecule has 0 heterocycles. The Morgan fingerprint density at radius 3 is 2.50 bits per heavy atom. The van der Waals surface area contributed by atoms with Gasteiger partial charge in [-0.05, 0) is 13.8 Å². The molecular formula is C6H10FNO2. The molecule has 0 unspecified atom stereocenters. The van der Waals surface area contributed by atoms with Crippen LogP contribution in [0.2, 0.25) is 0 Å². The maximum absolute atomic E-state index is 12.4. The Labute approximate surface area is 58.7 Å². The topological polar surface area (TPSA) is 52.3 Å². The summed E-state index contributed by atoms with van der Waals surface area (Å²) in [6.45, 7) is 3.04. The summed E-state index contributed by atoms with van der Waals surface area (Å²) in [5, 5.41) is 0. The van der Waals surface area contributed by atoms with Crippen LogP contribution >= 0.6 is 0 Å². The summed E-state index contributed by atoms with van der Waals surface area (Å²) in [6, 6.07) is 0. The smallest absolute Gasteiger partial charge is 0.368 e. The van der Waals surface area contributed by atoms with Crippen molar-refractivity contribution in [2.24, 2.45) is 5.73 Å². The summed E-state index contributed by atoms with van der Waals surface area (Å²) in [7, 11) is 0. The first-order valence-electron chi connectivity index (χ1n) is 2.88. The molecule has 3 nitrogen and oxygen atoms in total. The van der Waals surface area contributed by atoms with Crippen molar-refractivity contribution in [1.82, 2.24) is 0 Å². The SMILES string of the molecule is CCOC(=O)/C(F)=C(/C)N. The largest absolute Gasteiger partial charge is 0.461 e. The Balaban J connectivity index is 4.09. The number of carbonyl (C=O) groups excluding carboxylic acids is 1. The van der Waals surface area contributed by atoms with Crippen LogP contribution in [0.1, 0.15) is 13.8 Å². The lowest BCUT2D eigenvalue weighted by atomic mass is 10.4. The monoisotopic (exact) mass is 147 g/mol. The van der Waals surface area contributed by atoms with Crippen molar-refractivity contribution >= 4 is 5.97 Å². The van der Waals surface area contributed by atoms with Crippen LogP contribution in [-0.4, -0.2) is 12.6 Å². The van der Waals surface area contributed by atoms with Crippen LogP contribution in [0.3, 0.4) is 0 Å². The molecule has 0 fully saturated rings. The van der Waals surface area contributed by atoms with Crippen LogP contribution < -0.4 is 5.73 Å². The zero-order chi connectivity index (χ0) is 8.15. The minimum Gasteiger partial charge on any atom is -0.461 e. The third-order valence-electron chi connectivity index (χ3n) is 0.801. The fourth-order valence-electron chi connectivity index (χ4n) is 0.355. The summed E-state index contributed by atoms with van der Waals surface area (Å²) in [5.74, 6) is -2.01. The van der Waals surface area contributed by atoms with Crippen molar-refractivity contribution in [3.63, 3.8) is 0 Å². The Hall–Kier alpha value is -1.06. The van der Waals surface area contributed by atoms with Gasteiger partial charge in [-0.2, -0.15) is 4.39 Å². The second-order valence-corrected chi connectivity index (χ2v) is 1.72. The fraction of sp³-hybridized carbons (Fsp3) is 0.500. The molecule has 58 valence electrons. The molecule has 0 saturated carbocycles. The molecule has 0 aliphatic carbocycles. The Morgan fingerprint density at radius 1 is 1.70 bits per heavy atom. The van der Waals surface area contributed by atoms with Crippen molar-refractivity contribution in [1.29, 1.82) is 0 Å². The zero-order valence-corrected chi connectivity index (χ0v) is 5.98. The third kappa shape index (κ3) is 2.48. The van der Waals surface area contributed by atoms with E-state index in [0.29, 0.717) is 0 Å². The molecule has 0 aromatic heterocycles. The molecular weight excluding hydrogens is 137 g/mol. The van der Waals surface area contributed by atoms with Gasteiger partial charge in [-0.25, -0.2) is 4.79 Å². The molecule has 0 bridgehead atoms. The number of allylic oxidation sites excluding steroid dienone is 1. The van der Waals surface area contributed by atoms with Gasteiger partial charge in [0.2, 0.25) is 5.83 Å². The summed E-state index contributed by atoms with van der Waals surface area (Å²) >= 11 is 0. The number of carbonyl (C=O) groups is 1. The number of esters is 1. The van der Waals surface area contributed by atoms with Gasteiger partial charge >= 0.3 is 5.97 Å². The molecule has 2 N–H and O–H groups in total. The van der Waals surface area contributed by atoms with Crippen LogP contribution in [0.4, 0.5) is 4.39 Å². The fourth-order valence-corrected chi connectivity index (χ4v) is 0.355. The molecule has 4 heteroatoms. The van der Waals surface area contributed by atoms with Gasteiger partial charge in [0.05, 0.1) is 6.61 Å². The number of hydrogen-bond acceptors (Lipinski definition) is 3. The maximum atomic E-state index is 12.4. The van der Waals surface area contributed by atoms with Gasteiger partial charge < -0.3 is 10.5 Å². The van der Waals surface area contributed by atoms with Crippen molar-refractivity contribution in [3.8, 4) is 0 Å². The molecule has 0 aromatic rings. The van der Waals surface area contributed by atoms with E-state index in [1.54, 1.807) is 6.92 Å². The minimum absolute atomic E-state index is 0.152. The van der Waals surface area contributed by atoms with Gasteiger partial charge in [-0.1, -0.05) is 0 Å². The molecule has 0 radical (unpaired) electrons. The van der Waals surface area contributed by atoms with E-state index in [1.807, 2.05) is 0 Å². The predicted octanol–water partition coefficient (Wildman–Crippen LogP) is 0.709. The van der Waals surface area contributed by atoms with Gasteiger partial charge in [0.1, 0.15) is 0 Å². The van der Waals surface area contributed by atoms with Crippen LogP contribution in [0.15, 0.2) is 11.5 Å². The molecule has 0 aliphatic rings. The van der Waals surface area contributed by atoms with Gasteiger partial charge in [-0.3, -0.25) is 0 Å². The number of ether oxygens (including phenoxy) is 1. The molecule has 0 spiro atoms. The summed E-state index contributed by atoms with van der Waals surface area (Å²) in [4.78, 5) is 10.4. The molecule has 0 saturated heterocycles. The van der Waals surface area contributed by atoms with Crippen molar-refractivity contribution in [2.75, 3.05) is 6.61 Å². The summed E-state index contributed by atoms with van der Waals surface area (Å²) < 4.78 is 16.7. The van der Waals surface area contributed by atoms with Gasteiger partial charge in [0.15, 0.2) is 0 Å². The normalized spacial score (nSPS) is 12.3. The molecule has 0 aromatic carbocycles. The lowest BCUT2D eigenvalue weighted by Gasteiger charge is -1.98. The van der Waals surface area contributed by atoms with E-state index in [0.717, 1.165) is 0 Å². The van der Waals surface area contributed by atoms with Gasteiger partial charge in [0, 0.05) is 5.70 Å². The predicted molar refractivity (Wildman–Crippen MR) is 34.6 cm³/mol. The van der Waals surface area contributed by atoms with E-state index < -0.39 is 11.8 Å². The van der Waals surface area contributed by atoms with E-state index in [1.165, 1.54) is 6.92 Å².